The lowest BCUT2D eigenvalue weighted by atomic mass is 9.91. The van der Waals surface area contributed by atoms with E-state index in [2.05, 4.69) is 146 Å². The van der Waals surface area contributed by atoms with Crippen molar-refractivity contribution in [3.8, 4) is 11.1 Å². The molecule has 8 rings (SSSR count). The van der Waals surface area contributed by atoms with E-state index in [1.807, 2.05) is 0 Å². The summed E-state index contributed by atoms with van der Waals surface area (Å²) in [6.45, 7) is 0. The number of benzene rings is 6. The quantitative estimate of drug-likeness (QED) is 0.236. The molecule has 2 aliphatic rings. The molecule has 0 bridgehead atoms. The van der Waals surface area contributed by atoms with Gasteiger partial charge in [-0.3, -0.25) is 0 Å². The van der Waals surface area contributed by atoms with E-state index in [0.29, 0.717) is 0 Å². The maximum atomic E-state index is 2.31. The Morgan fingerprint density at radius 1 is 0.237 bits per heavy atom. The highest BCUT2D eigenvalue weighted by Crippen LogP contribution is 2.58. The van der Waals surface area contributed by atoms with Gasteiger partial charge in [-0.05, 0) is 77.6 Å². The van der Waals surface area contributed by atoms with Crippen molar-refractivity contribution in [1.29, 1.82) is 0 Å². The van der Waals surface area contributed by atoms with Crippen LogP contribution in [-0.2, 0) is 0 Å². The van der Waals surface area contributed by atoms with Crippen LogP contribution < -0.4 is 0 Å². The van der Waals surface area contributed by atoms with E-state index in [4.69, 9.17) is 0 Å². The average molecular weight is 481 g/mol. The molecule has 0 unspecified atom stereocenters. The van der Waals surface area contributed by atoms with Crippen molar-refractivity contribution >= 4 is 33.1 Å². The summed E-state index contributed by atoms with van der Waals surface area (Å²) in [6.07, 6.45) is 0. The molecule has 0 heteroatoms. The van der Waals surface area contributed by atoms with Crippen LogP contribution in [0.25, 0.3) is 44.2 Å². The highest BCUT2D eigenvalue weighted by atomic mass is 14.4. The molecule has 0 nitrogen and oxygen atoms in total. The Hall–Kier alpha value is -4.94. The van der Waals surface area contributed by atoms with Crippen molar-refractivity contribution in [3.63, 3.8) is 0 Å². The molecule has 0 aliphatic heterocycles. The van der Waals surface area contributed by atoms with Gasteiger partial charge in [-0.1, -0.05) is 146 Å². The zero-order chi connectivity index (χ0) is 25.1. The Kier molecular flexibility index (Phi) is 4.62. The molecule has 0 radical (unpaired) electrons. The van der Waals surface area contributed by atoms with Gasteiger partial charge >= 0.3 is 0 Å². The van der Waals surface area contributed by atoms with Gasteiger partial charge in [0.2, 0.25) is 0 Å². The summed E-state index contributed by atoms with van der Waals surface area (Å²) in [4.78, 5) is 0. The van der Waals surface area contributed by atoms with Crippen LogP contribution in [0.5, 0.6) is 0 Å². The third-order valence-electron chi connectivity index (χ3n) is 8.02. The monoisotopic (exact) mass is 480 g/mol. The lowest BCUT2D eigenvalue weighted by molar-refractivity contribution is 1.52. The normalized spacial score (nSPS) is 13.6. The van der Waals surface area contributed by atoms with E-state index in [0.717, 1.165) is 0 Å². The molecule has 0 amide bonds. The van der Waals surface area contributed by atoms with Crippen molar-refractivity contribution in [2.24, 2.45) is 0 Å². The van der Waals surface area contributed by atoms with Gasteiger partial charge in [-0.25, -0.2) is 0 Å². The van der Waals surface area contributed by atoms with Crippen LogP contribution >= 0.6 is 0 Å². The van der Waals surface area contributed by atoms with Gasteiger partial charge in [-0.2, -0.15) is 0 Å². The van der Waals surface area contributed by atoms with Crippen molar-refractivity contribution < 1.29 is 0 Å². The largest absolute Gasteiger partial charge is 0.0622 e. The van der Waals surface area contributed by atoms with E-state index < -0.39 is 0 Å². The van der Waals surface area contributed by atoms with Crippen molar-refractivity contribution in [3.05, 3.63) is 179 Å². The highest BCUT2D eigenvalue weighted by Gasteiger charge is 2.36. The average Bonchev–Trinajstić information content (AvgIpc) is 3.50. The minimum atomic E-state index is 1.25. The SMILES string of the molecule is c1ccc(C2=C3C(=C(c4ccc(-c5cccc6ccccc56)cc4)c4ccccc43)c3ccccc32)cc1. The van der Waals surface area contributed by atoms with Gasteiger partial charge in [0.15, 0.2) is 0 Å². The van der Waals surface area contributed by atoms with Gasteiger partial charge in [0.1, 0.15) is 0 Å². The Morgan fingerprint density at radius 2 is 0.658 bits per heavy atom. The third kappa shape index (κ3) is 3.04. The predicted octanol–water partition coefficient (Wildman–Crippen LogP) is 9.75. The molecule has 176 valence electrons. The molecule has 0 saturated carbocycles. The van der Waals surface area contributed by atoms with E-state index in [1.54, 1.807) is 0 Å². The summed E-state index contributed by atoms with van der Waals surface area (Å²) in [7, 11) is 0. The molecule has 2 aliphatic carbocycles. The minimum absolute atomic E-state index is 1.25. The molecule has 6 aromatic carbocycles. The molecule has 0 fully saturated rings. The van der Waals surface area contributed by atoms with Crippen LogP contribution in [0.15, 0.2) is 146 Å². The Bertz CT molecular complexity index is 1930. The molecule has 0 atom stereocenters. The smallest absolute Gasteiger partial charge is 0.000763 e. The summed E-state index contributed by atoms with van der Waals surface area (Å²) in [5, 5.41) is 2.56. The van der Waals surface area contributed by atoms with Gasteiger partial charge in [0, 0.05) is 0 Å². The minimum Gasteiger partial charge on any atom is -0.0622 e. The molecule has 0 spiro atoms. The zero-order valence-electron chi connectivity index (χ0n) is 20.9. The Labute approximate surface area is 222 Å². The number of hydrogen-bond donors (Lipinski definition) is 0. The fraction of sp³-hybridized carbons (Fsp3) is 0. The van der Waals surface area contributed by atoms with E-state index in [1.165, 1.54) is 77.6 Å². The first-order valence-corrected chi connectivity index (χ1v) is 13.2. The van der Waals surface area contributed by atoms with Gasteiger partial charge in [-0.15, -0.1) is 0 Å². The lowest BCUT2D eigenvalue weighted by Crippen LogP contribution is -1.92. The molecule has 38 heavy (non-hydrogen) atoms. The fourth-order valence-corrected chi connectivity index (χ4v) is 6.39. The first kappa shape index (κ1) is 21.2. The second-order valence-electron chi connectivity index (χ2n) is 10.1. The molecular weight excluding hydrogens is 456 g/mol. The van der Waals surface area contributed by atoms with Crippen molar-refractivity contribution in [2.75, 3.05) is 0 Å². The highest BCUT2D eigenvalue weighted by molar-refractivity contribution is 6.35. The number of hydrogen-bond acceptors (Lipinski definition) is 0. The van der Waals surface area contributed by atoms with Gasteiger partial charge in [0.25, 0.3) is 0 Å². The predicted molar refractivity (Wildman–Crippen MR) is 161 cm³/mol. The summed E-state index contributed by atoms with van der Waals surface area (Å²) in [6, 6.07) is 53.0. The Morgan fingerprint density at radius 3 is 1.29 bits per heavy atom. The Balaban J connectivity index is 1.36. The third-order valence-corrected chi connectivity index (χ3v) is 8.02. The van der Waals surface area contributed by atoms with Crippen LogP contribution in [0.4, 0.5) is 0 Å². The second kappa shape index (κ2) is 8.30. The first-order valence-electron chi connectivity index (χ1n) is 13.2. The maximum absolute atomic E-state index is 2.31. The molecule has 0 heterocycles. The molecular formula is C38H24. The molecule has 0 aromatic heterocycles. The van der Waals surface area contributed by atoms with Crippen LogP contribution in [0.3, 0.4) is 0 Å². The number of allylic oxidation sites excluding steroid dienone is 2. The van der Waals surface area contributed by atoms with E-state index in [9.17, 15) is 0 Å². The van der Waals surface area contributed by atoms with E-state index >= 15 is 0 Å². The van der Waals surface area contributed by atoms with Gasteiger partial charge < -0.3 is 0 Å². The summed E-state index contributed by atoms with van der Waals surface area (Å²) < 4.78 is 0. The lowest BCUT2D eigenvalue weighted by Gasteiger charge is -2.12. The first-order chi connectivity index (χ1) is 18.9. The maximum Gasteiger partial charge on any atom is -0.000763 e. The summed E-state index contributed by atoms with van der Waals surface area (Å²) in [5.74, 6) is 0. The molecule has 0 N–H and O–H groups in total. The fourth-order valence-electron chi connectivity index (χ4n) is 6.39. The number of fused-ring (bicyclic) bond motifs is 6. The van der Waals surface area contributed by atoms with E-state index in [-0.39, 0.29) is 0 Å². The molecule has 0 saturated heterocycles. The second-order valence-corrected chi connectivity index (χ2v) is 10.1. The summed E-state index contributed by atoms with van der Waals surface area (Å²) in [5.41, 5.74) is 15.7. The van der Waals surface area contributed by atoms with Crippen molar-refractivity contribution in [2.45, 2.75) is 0 Å². The topological polar surface area (TPSA) is 0 Å². The van der Waals surface area contributed by atoms with Crippen LogP contribution in [0, 0.1) is 0 Å². The standard InChI is InChI=1S/C38H24/c1-2-12-27(13-3-1)35-31-16-6-8-18-33(31)38-36(32-17-7-9-19-34(32)37(35)38)28-23-21-26(22-24-28)30-20-10-14-25-11-4-5-15-29(25)30/h1-24H. The zero-order valence-corrected chi connectivity index (χ0v) is 20.9. The van der Waals surface area contributed by atoms with Crippen LogP contribution in [0.2, 0.25) is 0 Å². The molecule has 6 aromatic rings. The van der Waals surface area contributed by atoms with Crippen LogP contribution in [0.1, 0.15) is 33.4 Å². The van der Waals surface area contributed by atoms with Crippen molar-refractivity contribution in [1.82, 2.24) is 0 Å². The van der Waals surface area contributed by atoms with Gasteiger partial charge in [0.05, 0.1) is 0 Å². The van der Waals surface area contributed by atoms with Crippen LogP contribution in [-0.4, -0.2) is 0 Å². The summed E-state index contributed by atoms with van der Waals surface area (Å²) >= 11 is 0. The number of rotatable bonds is 3.